The third kappa shape index (κ3) is 3.27. The van der Waals surface area contributed by atoms with E-state index in [0.29, 0.717) is 11.5 Å². The summed E-state index contributed by atoms with van der Waals surface area (Å²) < 4.78 is 5.79. The molecule has 1 atom stereocenters. The lowest BCUT2D eigenvalue weighted by Gasteiger charge is -2.19. The molecule has 92 valence electrons. The van der Waals surface area contributed by atoms with E-state index in [-0.39, 0.29) is 4.75 Å². The fourth-order valence-electron chi connectivity index (χ4n) is 1.58. The molecule has 1 unspecified atom stereocenters. The number of rotatable bonds is 3. The zero-order valence-electron chi connectivity index (χ0n) is 10.4. The average molecular weight is 250 g/mol. The Labute approximate surface area is 106 Å². The molecule has 0 saturated heterocycles. The molecule has 1 heterocycles. The summed E-state index contributed by atoms with van der Waals surface area (Å²) in [6.07, 6.45) is -0.536. The molecule has 0 aliphatic heterocycles. The maximum atomic E-state index is 10.1. The van der Waals surface area contributed by atoms with Gasteiger partial charge in [0.2, 0.25) is 0 Å². The minimum Gasteiger partial charge on any atom is -0.458 e. The van der Waals surface area contributed by atoms with Gasteiger partial charge in [-0.3, -0.25) is 0 Å². The number of hydrogen-bond acceptors (Lipinski definition) is 3. The zero-order valence-corrected chi connectivity index (χ0v) is 11.3. The van der Waals surface area contributed by atoms with E-state index in [1.54, 1.807) is 11.8 Å². The number of aliphatic hydroxyl groups excluding tert-OH is 1. The Bertz CT molecular complexity index is 463. The van der Waals surface area contributed by atoms with Gasteiger partial charge >= 0.3 is 0 Å². The third-order valence-electron chi connectivity index (χ3n) is 2.45. The lowest BCUT2D eigenvalue weighted by molar-refractivity contribution is 0.176. The third-order valence-corrected chi connectivity index (χ3v) is 3.80. The van der Waals surface area contributed by atoms with Crippen LogP contribution in [0.1, 0.15) is 32.6 Å². The molecule has 0 bridgehead atoms. The molecule has 3 heteroatoms. The van der Waals surface area contributed by atoms with Crippen molar-refractivity contribution in [2.24, 2.45) is 0 Å². The molecule has 0 amide bonds. The summed E-state index contributed by atoms with van der Waals surface area (Å²) in [7, 11) is 0. The Morgan fingerprint density at radius 1 is 1.29 bits per heavy atom. The Kier molecular flexibility index (Phi) is 3.50. The Morgan fingerprint density at radius 2 is 2.00 bits per heavy atom. The smallest absolute Gasteiger partial charge is 0.134 e. The summed E-state index contributed by atoms with van der Waals surface area (Å²) in [5, 5.41) is 11.1. The maximum Gasteiger partial charge on any atom is 0.134 e. The lowest BCUT2D eigenvalue weighted by Crippen LogP contribution is -2.11. The number of para-hydroxylation sites is 1. The topological polar surface area (TPSA) is 33.4 Å². The van der Waals surface area contributed by atoms with E-state index in [2.05, 4.69) is 20.8 Å². The van der Waals surface area contributed by atoms with Crippen molar-refractivity contribution in [2.75, 3.05) is 5.75 Å². The van der Waals surface area contributed by atoms with Gasteiger partial charge in [0.1, 0.15) is 17.4 Å². The molecule has 17 heavy (non-hydrogen) atoms. The fraction of sp³-hybridized carbons (Fsp3) is 0.429. The van der Waals surface area contributed by atoms with Crippen molar-refractivity contribution in [3.8, 4) is 0 Å². The molecular formula is C14H18O2S. The predicted octanol–water partition coefficient (Wildman–Crippen LogP) is 4.00. The first-order valence-corrected chi connectivity index (χ1v) is 6.75. The standard InChI is InChI=1S/C14H18O2S/c1-14(2,3)17-9-11(15)13-8-10-6-4-5-7-12(10)16-13/h4-8,11,15H,9H2,1-3H3. The van der Waals surface area contributed by atoms with Gasteiger partial charge in [0.05, 0.1) is 0 Å². The molecular weight excluding hydrogens is 232 g/mol. The van der Waals surface area contributed by atoms with Crippen LogP contribution in [0.5, 0.6) is 0 Å². The number of benzene rings is 1. The first kappa shape index (κ1) is 12.5. The van der Waals surface area contributed by atoms with Crippen LogP contribution < -0.4 is 0 Å². The van der Waals surface area contributed by atoms with Crippen LogP contribution in [0.15, 0.2) is 34.7 Å². The lowest BCUT2D eigenvalue weighted by atomic mass is 10.2. The van der Waals surface area contributed by atoms with Crippen molar-refractivity contribution < 1.29 is 9.52 Å². The second kappa shape index (κ2) is 4.75. The average Bonchev–Trinajstić information content (AvgIpc) is 2.68. The van der Waals surface area contributed by atoms with Gasteiger partial charge in [-0.1, -0.05) is 39.0 Å². The SMILES string of the molecule is CC(C)(C)SCC(O)c1cc2ccccc2o1. The highest BCUT2D eigenvalue weighted by molar-refractivity contribution is 8.00. The second-order valence-corrected chi connectivity index (χ2v) is 6.97. The van der Waals surface area contributed by atoms with Crippen LogP contribution in [0.25, 0.3) is 11.0 Å². The molecule has 0 aliphatic rings. The van der Waals surface area contributed by atoms with Gasteiger partial charge in [0, 0.05) is 15.9 Å². The molecule has 0 radical (unpaired) electrons. The highest BCUT2D eigenvalue weighted by atomic mass is 32.2. The van der Waals surface area contributed by atoms with Crippen LogP contribution in [-0.4, -0.2) is 15.6 Å². The van der Waals surface area contributed by atoms with Crippen molar-refractivity contribution >= 4 is 22.7 Å². The number of fused-ring (bicyclic) bond motifs is 1. The summed E-state index contributed by atoms with van der Waals surface area (Å²) in [5.74, 6) is 1.31. The van der Waals surface area contributed by atoms with Gasteiger partial charge in [0.15, 0.2) is 0 Å². The van der Waals surface area contributed by atoms with E-state index >= 15 is 0 Å². The van der Waals surface area contributed by atoms with Gasteiger partial charge in [0.25, 0.3) is 0 Å². The molecule has 0 fully saturated rings. The van der Waals surface area contributed by atoms with Crippen molar-refractivity contribution in [1.82, 2.24) is 0 Å². The molecule has 2 aromatic rings. The fourth-order valence-corrected chi connectivity index (χ4v) is 2.40. The van der Waals surface area contributed by atoms with E-state index in [0.717, 1.165) is 11.0 Å². The monoisotopic (exact) mass is 250 g/mol. The summed E-state index contributed by atoms with van der Waals surface area (Å²) in [6, 6.07) is 9.74. The van der Waals surface area contributed by atoms with Gasteiger partial charge < -0.3 is 9.52 Å². The van der Waals surface area contributed by atoms with Crippen LogP contribution in [0, 0.1) is 0 Å². The van der Waals surface area contributed by atoms with E-state index in [4.69, 9.17) is 4.42 Å². The van der Waals surface area contributed by atoms with Crippen LogP contribution in [0.3, 0.4) is 0 Å². The minimum atomic E-state index is -0.536. The van der Waals surface area contributed by atoms with Crippen LogP contribution in [-0.2, 0) is 0 Å². The molecule has 2 nitrogen and oxygen atoms in total. The van der Waals surface area contributed by atoms with Gasteiger partial charge in [-0.05, 0) is 12.1 Å². The van der Waals surface area contributed by atoms with E-state index in [1.165, 1.54) is 0 Å². The number of furan rings is 1. The molecule has 0 aliphatic carbocycles. The molecule has 2 rings (SSSR count). The molecule has 0 saturated carbocycles. The van der Waals surface area contributed by atoms with Crippen LogP contribution in [0.4, 0.5) is 0 Å². The van der Waals surface area contributed by atoms with Gasteiger partial charge in [-0.2, -0.15) is 11.8 Å². The number of hydrogen-bond donors (Lipinski definition) is 1. The zero-order chi connectivity index (χ0) is 12.5. The molecule has 1 N–H and O–H groups in total. The summed E-state index contributed by atoms with van der Waals surface area (Å²) in [6.45, 7) is 6.43. The number of aliphatic hydroxyl groups is 1. The summed E-state index contributed by atoms with van der Waals surface area (Å²) >= 11 is 1.74. The minimum absolute atomic E-state index is 0.160. The van der Waals surface area contributed by atoms with Crippen molar-refractivity contribution in [1.29, 1.82) is 0 Å². The quantitative estimate of drug-likeness (QED) is 0.894. The predicted molar refractivity (Wildman–Crippen MR) is 73.4 cm³/mol. The van der Waals surface area contributed by atoms with Crippen molar-refractivity contribution in [3.63, 3.8) is 0 Å². The van der Waals surface area contributed by atoms with Crippen molar-refractivity contribution in [3.05, 3.63) is 36.1 Å². The Hall–Kier alpha value is -0.930. The summed E-state index contributed by atoms with van der Waals surface area (Å²) in [5.41, 5.74) is 0.835. The second-order valence-electron chi connectivity index (χ2n) is 5.13. The number of thioether (sulfide) groups is 1. The first-order valence-electron chi connectivity index (χ1n) is 5.76. The molecule has 1 aromatic carbocycles. The van der Waals surface area contributed by atoms with E-state index in [9.17, 15) is 5.11 Å². The Balaban J connectivity index is 2.11. The Morgan fingerprint density at radius 3 is 2.65 bits per heavy atom. The molecule has 0 spiro atoms. The maximum absolute atomic E-state index is 10.1. The van der Waals surface area contributed by atoms with Crippen LogP contribution >= 0.6 is 11.8 Å². The first-order chi connectivity index (χ1) is 7.96. The van der Waals surface area contributed by atoms with Gasteiger partial charge in [-0.25, -0.2) is 0 Å². The van der Waals surface area contributed by atoms with Crippen LogP contribution in [0.2, 0.25) is 0 Å². The van der Waals surface area contributed by atoms with E-state index in [1.807, 2.05) is 30.3 Å². The summed E-state index contributed by atoms with van der Waals surface area (Å²) in [4.78, 5) is 0. The largest absolute Gasteiger partial charge is 0.458 e. The highest BCUT2D eigenvalue weighted by Crippen LogP contribution is 2.30. The molecule has 1 aromatic heterocycles. The highest BCUT2D eigenvalue weighted by Gasteiger charge is 2.18. The van der Waals surface area contributed by atoms with Crippen molar-refractivity contribution in [2.45, 2.75) is 31.6 Å². The van der Waals surface area contributed by atoms with Gasteiger partial charge in [-0.15, -0.1) is 0 Å². The normalized spacial score (nSPS) is 14.1. The van der Waals surface area contributed by atoms with E-state index < -0.39 is 6.10 Å².